The zero-order valence-corrected chi connectivity index (χ0v) is 8.74. The minimum Gasteiger partial charge on any atom is -0.207 e. The number of hydrogen-bond donors (Lipinski definition) is 0. The van der Waals surface area contributed by atoms with E-state index in [4.69, 9.17) is 11.6 Å². The van der Waals surface area contributed by atoms with Crippen LogP contribution in [0.25, 0.3) is 0 Å². The van der Waals surface area contributed by atoms with Crippen LogP contribution in [0.5, 0.6) is 0 Å². The number of rotatable bonds is 3. The Bertz CT molecular complexity index is 281. The van der Waals surface area contributed by atoms with E-state index in [0.717, 1.165) is 18.4 Å². The van der Waals surface area contributed by atoms with E-state index in [1.165, 1.54) is 6.07 Å². The van der Waals surface area contributed by atoms with Crippen LogP contribution in [-0.2, 0) is 6.42 Å². The monoisotopic (exact) mass is 200 g/mol. The van der Waals surface area contributed by atoms with Crippen LogP contribution < -0.4 is 0 Å². The fourth-order valence-electron chi connectivity index (χ4n) is 1.23. The Hall–Kier alpha value is -0.560. The summed E-state index contributed by atoms with van der Waals surface area (Å²) < 4.78 is 12.9. The van der Waals surface area contributed by atoms with Gasteiger partial charge in [0, 0.05) is 5.38 Å². The molecule has 0 N–H and O–H groups in total. The fraction of sp³-hybridized carbons (Fsp3) is 0.455. The highest BCUT2D eigenvalue weighted by atomic mass is 35.5. The molecule has 0 aliphatic carbocycles. The van der Waals surface area contributed by atoms with Gasteiger partial charge in [-0.15, -0.1) is 11.6 Å². The first kappa shape index (κ1) is 10.5. The summed E-state index contributed by atoms with van der Waals surface area (Å²) in [6.07, 6.45) is 1.86. The number of halogens is 2. The van der Waals surface area contributed by atoms with Crippen LogP contribution in [0.15, 0.2) is 18.2 Å². The van der Waals surface area contributed by atoms with Crippen LogP contribution >= 0.6 is 11.6 Å². The van der Waals surface area contributed by atoms with Crippen molar-refractivity contribution in [3.8, 4) is 0 Å². The quantitative estimate of drug-likeness (QED) is 0.653. The molecular weight excluding hydrogens is 187 g/mol. The van der Waals surface area contributed by atoms with Crippen molar-refractivity contribution in [1.82, 2.24) is 0 Å². The highest BCUT2D eigenvalue weighted by Gasteiger charge is 2.01. The van der Waals surface area contributed by atoms with Gasteiger partial charge >= 0.3 is 0 Å². The highest BCUT2D eigenvalue weighted by molar-refractivity contribution is 6.20. The second-order valence-electron chi connectivity index (χ2n) is 3.40. The molecule has 0 aliphatic heterocycles. The van der Waals surface area contributed by atoms with Crippen molar-refractivity contribution in [3.05, 3.63) is 35.1 Å². The Labute approximate surface area is 83.7 Å². The van der Waals surface area contributed by atoms with Gasteiger partial charge in [0.1, 0.15) is 5.82 Å². The summed E-state index contributed by atoms with van der Waals surface area (Å²) >= 11 is 5.82. The summed E-state index contributed by atoms with van der Waals surface area (Å²) in [5.74, 6) is -0.136. The fourth-order valence-corrected chi connectivity index (χ4v) is 1.34. The van der Waals surface area contributed by atoms with Crippen molar-refractivity contribution in [2.24, 2.45) is 0 Å². The Morgan fingerprint density at radius 3 is 2.69 bits per heavy atom. The minimum absolute atomic E-state index is 0.136. The van der Waals surface area contributed by atoms with E-state index in [-0.39, 0.29) is 11.2 Å². The van der Waals surface area contributed by atoms with E-state index in [1.807, 2.05) is 19.1 Å². The molecular formula is C11H14ClF. The molecule has 0 saturated carbocycles. The van der Waals surface area contributed by atoms with E-state index in [1.54, 1.807) is 6.92 Å². The molecule has 0 amide bonds. The Morgan fingerprint density at radius 1 is 1.46 bits per heavy atom. The first-order valence-electron chi connectivity index (χ1n) is 4.48. The molecule has 2 heteroatoms. The second-order valence-corrected chi connectivity index (χ2v) is 4.15. The lowest BCUT2D eigenvalue weighted by Crippen LogP contribution is -1.95. The number of hydrogen-bond acceptors (Lipinski definition) is 0. The molecule has 1 unspecified atom stereocenters. The first-order chi connectivity index (χ1) is 6.09. The zero-order chi connectivity index (χ0) is 9.84. The van der Waals surface area contributed by atoms with Crippen LogP contribution in [0.1, 0.15) is 24.5 Å². The van der Waals surface area contributed by atoms with E-state index >= 15 is 0 Å². The lowest BCUT2D eigenvalue weighted by atomic mass is 10.1. The number of benzene rings is 1. The van der Waals surface area contributed by atoms with Gasteiger partial charge in [-0.3, -0.25) is 0 Å². The molecule has 1 rings (SSSR count). The van der Waals surface area contributed by atoms with Gasteiger partial charge in [-0.25, -0.2) is 4.39 Å². The molecule has 0 saturated heterocycles. The van der Waals surface area contributed by atoms with E-state index < -0.39 is 0 Å². The SMILES string of the molecule is Cc1cc(CCC(C)Cl)ccc1F. The van der Waals surface area contributed by atoms with Gasteiger partial charge in [-0.1, -0.05) is 12.1 Å². The van der Waals surface area contributed by atoms with Crippen molar-refractivity contribution in [3.63, 3.8) is 0 Å². The first-order valence-corrected chi connectivity index (χ1v) is 4.92. The van der Waals surface area contributed by atoms with E-state index in [0.29, 0.717) is 5.56 Å². The second kappa shape index (κ2) is 4.61. The standard InChI is InChI=1S/C11H14ClF/c1-8-7-10(4-3-9(2)12)5-6-11(8)13/h5-7,9H,3-4H2,1-2H3. The molecule has 0 aromatic heterocycles. The topological polar surface area (TPSA) is 0 Å². The third-order valence-corrected chi connectivity index (χ3v) is 2.27. The maximum atomic E-state index is 12.9. The normalized spacial score (nSPS) is 12.9. The molecule has 0 fully saturated rings. The average molecular weight is 201 g/mol. The predicted octanol–water partition coefficient (Wildman–Crippen LogP) is 3.69. The Balaban J connectivity index is 2.63. The van der Waals surface area contributed by atoms with Crippen LogP contribution in [0.2, 0.25) is 0 Å². The van der Waals surface area contributed by atoms with Crippen molar-refractivity contribution in [1.29, 1.82) is 0 Å². The lowest BCUT2D eigenvalue weighted by Gasteiger charge is -2.04. The predicted molar refractivity (Wildman–Crippen MR) is 54.8 cm³/mol. The molecule has 0 spiro atoms. The number of alkyl halides is 1. The van der Waals surface area contributed by atoms with Crippen LogP contribution in [0, 0.1) is 12.7 Å². The molecule has 72 valence electrons. The summed E-state index contributed by atoms with van der Waals surface area (Å²) in [5, 5.41) is 0.186. The van der Waals surface area contributed by atoms with Gasteiger partial charge in [0.25, 0.3) is 0 Å². The average Bonchev–Trinajstić information content (AvgIpc) is 2.07. The van der Waals surface area contributed by atoms with Gasteiger partial charge in [-0.2, -0.15) is 0 Å². The molecule has 1 aromatic rings. The summed E-state index contributed by atoms with van der Waals surface area (Å²) in [4.78, 5) is 0. The third-order valence-electron chi connectivity index (χ3n) is 2.05. The van der Waals surface area contributed by atoms with Crippen molar-refractivity contribution in [2.45, 2.75) is 32.1 Å². The van der Waals surface area contributed by atoms with Crippen LogP contribution in [0.3, 0.4) is 0 Å². The van der Waals surface area contributed by atoms with Gasteiger partial charge in [0.15, 0.2) is 0 Å². The molecule has 0 nitrogen and oxygen atoms in total. The molecule has 1 aromatic carbocycles. The van der Waals surface area contributed by atoms with Crippen LogP contribution in [0.4, 0.5) is 4.39 Å². The van der Waals surface area contributed by atoms with Gasteiger partial charge in [-0.05, 0) is 43.9 Å². The van der Waals surface area contributed by atoms with E-state index in [2.05, 4.69) is 0 Å². The van der Waals surface area contributed by atoms with E-state index in [9.17, 15) is 4.39 Å². The van der Waals surface area contributed by atoms with Gasteiger partial charge in [0.2, 0.25) is 0 Å². The molecule has 13 heavy (non-hydrogen) atoms. The van der Waals surface area contributed by atoms with Crippen molar-refractivity contribution >= 4 is 11.6 Å². The Morgan fingerprint density at radius 2 is 2.15 bits per heavy atom. The van der Waals surface area contributed by atoms with Crippen molar-refractivity contribution < 1.29 is 4.39 Å². The molecule has 0 radical (unpaired) electrons. The van der Waals surface area contributed by atoms with Crippen molar-refractivity contribution in [2.75, 3.05) is 0 Å². The largest absolute Gasteiger partial charge is 0.207 e. The summed E-state index contributed by atoms with van der Waals surface area (Å²) in [6, 6.07) is 5.22. The Kier molecular flexibility index (Phi) is 3.73. The highest BCUT2D eigenvalue weighted by Crippen LogP contribution is 2.13. The molecule has 1 atom stereocenters. The maximum absolute atomic E-state index is 12.9. The maximum Gasteiger partial charge on any atom is 0.126 e. The molecule has 0 aliphatic rings. The van der Waals surface area contributed by atoms with Gasteiger partial charge < -0.3 is 0 Å². The molecule has 0 bridgehead atoms. The number of aryl methyl sites for hydroxylation is 2. The summed E-state index contributed by atoms with van der Waals surface area (Å²) in [6.45, 7) is 3.75. The summed E-state index contributed by atoms with van der Waals surface area (Å²) in [5.41, 5.74) is 1.87. The third kappa shape index (κ3) is 3.35. The summed E-state index contributed by atoms with van der Waals surface area (Å²) in [7, 11) is 0. The zero-order valence-electron chi connectivity index (χ0n) is 7.98. The minimum atomic E-state index is -0.136. The smallest absolute Gasteiger partial charge is 0.126 e. The van der Waals surface area contributed by atoms with Gasteiger partial charge in [0.05, 0.1) is 0 Å². The lowest BCUT2D eigenvalue weighted by molar-refractivity contribution is 0.617. The van der Waals surface area contributed by atoms with Crippen LogP contribution in [-0.4, -0.2) is 5.38 Å². The molecule has 0 heterocycles.